The van der Waals surface area contributed by atoms with Crippen molar-refractivity contribution >= 4 is 20.9 Å². The molecule has 2 aromatic carbocycles. The van der Waals surface area contributed by atoms with Gasteiger partial charge in [0.2, 0.25) is 0 Å². The van der Waals surface area contributed by atoms with Crippen molar-refractivity contribution < 1.29 is 14.0 Å². The second-order valence-electron chi connectivity index (χ2n) is 5.70. The van der Waals surface area contributed by atoms with Crippen molar-refractivity contribution in [2.45, 2.75) is 25.7 Å². The minimum Gasteiger partial charge on any atom is -0.266 e. The summed E-state index contributed by atoms with van der Waals surface area (Å²) >= 11 is 0. The van der Waals surface area contributed by atoms with Gasteiger partial charge in [-0.2, -0.15) is 8.42 Å². The first-order chi connectivity index (χ1) is 9.19. The fraction of sp³-hybridized carbons (Fsp3) is 0.333. The highest BCUT2D eigenvalue weighted by atomic mass is 32.2. The third kappa shape index (κ3) is 3.55. The van der Waals surface area contributed by atoms with Crippen LogP contribution < -0.4 is 0 Å². The third-order valence-corrected chi connectivity index (χ3v) is 3.83. The van der Waals surface area contributed by atoms with E-state index in [1.807, 2.05) is 20.8 Å². The van der Waals surface area contributed by atoms with E-state index in [0.29, 0.717) is 6.04 Å². The summed E-state index contributed by atoms with van der Waals surface area (Å²) in [5, 5.41) is 1.44. The molecule has 0 heterocycles. The van der Waals surface area contributed by atoms with Gasteiger partial charge in [0, 0.05) is 0 Å². The average Bonchev–Trinajstić information content (AvgIpc) is 2.36. The Morgan fingerprint density at radius 2 is 1.89 bits per heavy atom. The van der Waals surface area contributed by atoms with Crippen molar-refractivity contribution in [3.8, 4) is 0 Å². The minimum atomic E-state index is -3.76. The predicted molar refractivity (Wildman–Crippen MR) is 76.5 cm³/mol. The molecule has 0 saturated carbocycles. The van der Waals surface area contributed by atoms with Gasteiger partial charge in [0.1, 0.15) is 0 Å². The predicted octanol–water partition coefficient (Wildman–Crippen LogP) is 3.59. The van der Waals surface area contributed by atoms with Crippen molar-refractivity contribution in [1.82, 2.24) is 0 Å². The maximum atomic E-state index is 12.1. The molecule has 0 fully saturated rings. The Bertz CT molecular complexity index is 730. The number of fused-ring (bicyclic) bond motifs is 1. The number of hydrogen-bond acceptors (Lipinski definition) is 3. The molecule has 0 bridgehead atoms. The lowest BCUT2D eigenvalue weighted by Gasteiger charge is -2.17. The summed E-state index contributed by atoms with van der Waals surface area (Å²) < 4.78 is 37.1. The van der Waals surface area contributed by atoms with E-state index >= 15 is 0 Å². The van der Waals surface area contributed by atoms with Crippen LogP contribution in [0.3, 0.4) is 0 Å². The van der Waals surface area contributed by atoms with Crippen LogP contribution in [0.4, 0.5) is 0 Å². The van der Waals surface area contributed by atoms with Crippen LogP contribution in [-0.4, -0.2) is 15.0 Å². The lowest BCUT2D eigenvalue weighted by Crippen LogP contribution is -2.18. The molecular formula is C15H18O3S. The maximum Gasteiger partial charge on any atom is 0.297 e. The molecule has 0 aliphatic heterocycles. The van der Waals surface area contributed by atoms with Gasteiger partial charge >= 0.3 is 0 Å². The fourth-order valence-corrected chi connectivity index (χ4v) is 2.73. The molecule has 0 aliphatic rings. The number of hydrogen-bond donors (Lipinski definition) is 0. The van der Waals surface area contributed by atoms with Crippen LogP contribution in [0.15, 0.2) is 47.3 Å². The van der Waals surface area contributed by atoms with Gasteiger partial charge in [-0.3, -0.25) is 4.18 Å². The lowest BCUT2D eigenvalue weighted by molar-refractivity contribution is 0.203. The summed E-state index contributed by atoms with van der Waals surface area (Å²) in [5.41, 5.74) is -0.224. The molecule has 0 saturated heterocycles. The van der Waals surface area contributed by atoms with Crippen molar-refractivity contribution in [3.05, 3.63) is 42.4 Å². The molecule has 4 heteroatoms. The van der Waals surface area contributed by atoms with E-state index in [0.717, 1.165) is 10.8 Å². The van der Waals surface area contributed by atoms with E-state index in [1.165, 1.54) is 6.07 Å². The summed E-state index contributed by atoms with van der Waals surface area (Å²) in [5.74, 6) is 0. The molecule has 0 unspecified atom stereocenters. The van der Waals surface area contributed by atoms with E-state index in [-0.39, 0.29) is 16.9 Å². The summed E-state index contributed by atoms with van der Waals surface area (Å²) in [6, 6.07) is 10.2. The zero-order valence-electron chi connectivity index (χ0n) is 12.3. The van der Waals surface area contributed by atoms with Crippen LogP contribution >= 0.6 is 0 Å². The smallest absolute Gasteiger partial charge is 0.266 e. The van der Waals surface area contributed by atoms with Gasteiger partial charge in [-0.1, -0.05) is 51.1 Å². The Kier molecular flexibility index (Phi) is 3.29. The zero-order valence-corrected chi connectivity index (χ0v) is 12.1. The molecule has 3 nitrogen and oxygen atoms in total. The van der Waals surface area contributed by atoms with Crippen molar-refractivity contribution in [1.29, 1.82) is 0 Å². The molecule has 0 aromatic heterocycles. The zero-order chi connectivity index (χ0) is 15.0. The van der Waals surface area contributed by atoms with E-state index in [4.69, 9.17) is 5.55 Å². The highest BCUT2D eigenvalue weighted by Crippen LogP contribution is 2.22. The Morgan fingerprint density at radius 3 is 2.58 bits per heavy atom. The molecule has 0 spiro atoms. The second kappa shape index (κ2) is 4.94. The Labute approximate surface area is 115 Å². The summed E-state index contributed by atoms with van der Waals surface area (Å²) in [7, 11) is -3.76. The summed E-state index contributed by atoms with van der Waals surface area (Å²) in [6.45, 7) is 5.87. The molecule has 0 atom stereocenters. The van der Waals surface area contributed by atoms with Crippen LogP contribution in [0.5, 0.6) is 0 Å². The van der Waals surface area contributed by atoms with E-state index in [9.17, 15) is 8.42 Å². The molecule has 2 aromatic rings. The van der Waals surface area contributed by atoms with Crippen LogP contribution in [0.1, 0.15) is 22.1 Å². The normalized spacial score (nSPS) is 13.5. The van der Waals surface area contributed by atoms with Gasteiger partial charge in [-0.25, -0.2) is 0 Å². The topological polar surface area (TPSA) is 43.4 Å². The first-order valence-corrected chi connectivity index (χ1v) is 7.49. The summed E-state index contributed by atoms with van der Waals surface area (Å²) in [4.78, 5) is 0.125. The van der Waals surface area contributed by atoms with Crippen LogP contribution in [0.2, 0.25) is 0 Å². The first kappa shape index (κ1) is 12.6. The van der Waals surface area contributed by atoms with Crippen LogP contribution in [-0.2, 0) is 14.3 Å². The molecule has 2 rings (SSSR count). The molecular weight excluding hydrogens is 260 g/mol. The monoisotopic (exact) mass is 279 g/mol. The third-order valence-electron chi connectivity index (χ3n) is 2.57. The maximum absolute atomic E-state index is 12.1. The molecule has 102 valence electrons. The Hall–Kier alpha value is -1.39. The molecule has 0 radical (unpaired) electrons. The standard InChI is InChI=1S/C15H18O3S/c1-15(2,3)11-18-19(16,17)14-9-8-12-6-4-5-7-13(12)10-14/h4-10H,11H2,1-3H3/i6D. The van der Waals surface area contributed by atoms with Gasteiger partial charge in [0.15, 0.2) is 0 Å². The average molecular weight is 279 g/mol. The van der Waals surface area contributed by atoms with Gasteiger partial charge in [0.25, 0.3) is 10.1 Å². The van der Waals surface area contributed by atoms with Crippen molar-refractivity contribution in [2.75, 3.05) is 6.61 Å². The summed E-state index contributed by atoms with van der Waals surface area (Å²) in [6.07, 6.45) is 0. The fourth-order valence-electron chi connectivity index (χ4n) is 1.58. The van der Waals surface area contributed by atoms with Gasteiger partial charge in [-0.05, 0) is 28.3 Å². The SMILES string of the molecule is [2H]c1cccc2cc(S(=O)(=O)OCC(C)(C)C)ccc12. The minimum absolute atomic E-state index is 0.125. The van der Waals surface area contributed by atoms with Gasteiger partial charge in [0.05, 0.1) is 12.9 Å². The van der Waals surface area contributed by atoms with Gasteiger partial charge < -0.3 is 0 Å². The Balaban J connectivity index is 2.38. The van der Waals surface area contributed by atoms with E-state index < -0.39 is 10.1 Å². The second-order valence-corrected chi connectivity index (χ2v) is 7.31. The highest BCUT2D eigenvalue weighted by molar-refractivity contribution is 7.86. The van der Waals surface area contributed by atoms with E-state index in [1.54, 1.807) is 30.3 Å². The first-order valence-electron chi connectivity index (χ1n) is 6.58. The molecule has 0 aliphatic carbocycles. The molecule has 0 N–H and O–H groups in total. The molecule has 0 amide bonds. The Morgan fingerprint density at radius 1 is 1.16 bits per heavy atom. The lowest BCUT2D eigenvalue weighted by atomic mass is 9.99. The largest absolute Gasteiger partial charge is 0.297 e. The number of benzene rings is 2. The van der Waals surface area contributed by atoms with E-state index in [2.05, 4.69) is 0 Å². The van der Waals surface area contributed by atoms with Crippen molar-refractivity contribution in [3.63, 3.8) is 0 Å². The molecule has 19 heavy (non-hydrogen) atoms. The van der Waals surface area contributed by atoms with Gasteiger partial charge in [-0.15, -0.1) is 0 Å². The van der Waals surface area contributed by atoms with Crippen LogP contribution in [0.25, 0.3) is 10.8 Å². The quantitative estimate of drug-likeness (QED) is 0.806. The highest BCUT2D eigenvalue weighted by Gasteiger charge is 2.20. The van der Waals surface area contributed by atoms with Crippen LogP contribution in [0, 0.1) is 5.41 Å². The van der Waals surface area contributed by atoms with Crippen molar-refractivity contribution in [2.24, 2.45) is 5.41 Å². The number of rotatable bonds is 3.